The minimum absolute atomic E-state index is 0.747. The van der Waals surface area contributed by atoms with Gasteiger partial charge in [-0.05, 0) is 36.5 Å². The molecule has 0 atom stereocenters. The molecule has 0 amide bonds. The van der Waals surface area contributed by atoms with Crippen molar-refractivity contribution in [2.45, 2.75) is 33.1 Å². The van der Waals surface area contributed by atoms with E-state index in [9.17, 15) is 0 Å². The molecule has 0 heterocycles. The Hall–Kier alpha value is -0.200. The summed E-state index contributed by atoms with van der Waals surface area (Å²) in [4.78, 5) is 0. The van der Waals surface area contributed by atoms with E-state index >= 15 is 0 Å². The van der Waals surface area contributed by atoms with E-state index in [0.29, 0.717) is 0 Å². The maximum atomic E-state index is 6.06. The van der Waals surface area contributed by atoms with Crippen LogP contribution in [0, 0.1) is 5.92 Å². The van der Waals surface area contributed by atoms with Crippen molar-refractivity contribution < 1.29 is 0 Å². The Kier molecular flexibility index (Phi) is 4.77. The third-order valence-corrected chi connectivity index (χ3v) is 2.98. The molecule has 0 aliphatic heterocycles. The van der Waals surface area contributed by atoms with Crippen LogP contribution in [-0.2, 0) is 6.42 Å². The van der Waals surface area contributed by atoms with Gasteiger partial charge in [0, 0.05) is 10.0 Å². The van der Waals surface area contributed by atoms with Crippen LogP contribution in [0.4, 0.5) is 0 Å². The van der Waals surface area contributed by atoms with Gasteiger partial charge in [0.25, 0.3) is 0 Å². The van der Waals surface area contributed by atoms with Gasteiger partial charge in [-0.25, -0.2) is 0 Å². The summed E-state index contributed by atoms with van der Waals surface area (Å²) in [5.74, 6) is 0.747. The molecule has 1 rings (SSSR count). The van der Waals surface area contributed by atoms with Crippen LogP contribution in [-0.4, -0.2) is 0 Å². The van der Waals surface area contributed by atoms with Crippen LogP contribution in [0.3, 0.4) is 0 Å². The fourth-order valence-corrected chi connectivity index (χ4v) is 2.04. The van der Waals surface area contributed by atoms with E-state index in [0.717, 1.165) is 34.4 Å². The zero-order valence-corrected chi connectivity index (χ0v) is 10.2. The molecule has 0 radical (unpaired) electrons. The van der Waals surface area contributed by atoms with Crippen LogP contribution in [0.1, 0.15) is 32.3 Å². The molecular formula is C12H16Cl2. The molecule has 0 N–H and O–H groups in total. The number of hydrogen-bond donors (Lipinski definition) is 0. The van der Waals surface area contributed by atoms with Crippen LogP contribution in [0.25, 0.3) is 0 Å². The number of hydrogen-bond acceptors (Lipinski definition) is 0. The lowest BCUT2D eigenvalue weighted by Gasteiger charge is -2.07. The highest BCUT2D eigenvalue weighted by Gasteiger charge is 2.05. The largest absolute Gasteiger partial charge is 0.0840 e. The molecule has 0 saturated carbocycles. The van der Waals surface area contributed by atoms with Crippen molar-refractivity contribution in [1.82, 2.24) is 0 Å². The molecule has 0 aliphatic carbocycles. The Balaban J connectivity index is 2.58. The number of benzene rings is 1. The topological polar surface area (TPSA) is 0 Å². The van der Waals surface area contributed by atoms with Crippen molar-refractivity contribution in [2.24, 2.45) is 5.92 Å². The summed E-state index contributed by atoms with van der Waals surface area (Å²) < 4.78 is 0. The first-order chi connectivity index (χ1) is 6.61. The number of halogens is 2. The van der Waals surface area contributed by atoms with Gasteiger partial charge in [0.2, 0.25) is 0 Å². The molecule has 0 nitrogen and oxygen atoms in total. The highest BCUT2D eigenvalue weighted by molar-refractivity contribution is 6.35. The van der Waals surface area contributed by atoms with Crippen molar-refractivity contribution in [2.75, 3.05) is 0 Å². The smallest absolute Gasteiger partial charge is 0.0452 e. The lowest BCUT2D eigenvalue weighted by atomic mass is 10.0. The zero-order valence-electron chi connectivity index (χ0n) is 8.69. The van der Waals surface area contributed by atoms with Crippen molar-refractivity contribution >= 4 is 23.2 Å². The van der Waals surface area contributed by atoms with Crippen LogP contribution in [0.5, 0.6) is 0 Å². The summed E-state index contributed by atoms with van der Waals surface area (Å²) in [7, 11) is 0. The first-order valence-electron chi connectivity index (χ1n) is 5.04. The average Bonchev–Trinajstić information content (AvgIpc) is 2.09. The Bertz CT molecular complexity index is 272. The molecule has 0 spiro atoms. The van der Waals surface area contributed by atoms with Crippen LogP contribution >= 0.6 is 23.2 Å². The maximum Gasteiger partial charge on any atom is 0.0452 e. The zero-order chi connectivity index (χ0) is 10.6. The summed E-state index contributed by atoms with van der Waals surface area (Å²) >= 11 is 12.1. The van der Waals surface area contributed by atoms with Crippen LogP contribution < -0.4 is 0 Å². The van der Waals surface area contributed by atoms with Gasteiger partial charge in [-0.15, -0.1) is 0 Å². The Morgan fingerprint density at radius 3 is 2.21 bits per heavy atom. The minimum Gasteiger partial charge on any atom is -0.0840 e. The fourth-order valence-electron chi connectivity index (χ4n) is 1.46. The van der Waals surface area contributed by atoms with E-state index in [4.69, 9.17) is 23.2 Å². The molecule has 0 unspecified atom stereocenters. The second-order valence-electron chi connectivity index (χ2n) is 3.99. The van der Waals surface area contributed by atoms with E-state index in [1.54, 1.807) is 0 Å². The second-order valence-corrected chi connectivity index (χ2v) is 4.80. The fraction of sp³-hybridized carbons (Fsp3) is 0.500. The molecule has 0 aliphatic rings. The predicted octanol–water partition coefficient (Wildman–Crippen LogP) is 4.97. The van der Waals surface area contributed by atoms with E-state index in [2.05, 4.69) is 13.8 Å². The summed E-state index contributed by atoms with van der Waals surface area (Å²) in [6, 6.07) is 5.69. The molecule has 14 heavy (non-hydrogen) atoms. The summed E-state index contributed by atoms with van der Waals surface area (Å²) in [6.07, 6.45) is 3.36. The van der Waals surface area contributed by atoms with Crippen molar-refractivity contribution in [3.63, 3.8) is 0 Å². The normalized spacial score (nSPS) is 10.9. The molecular weight excluding hydrogens is 215 g/mol. The molecule has 2 heteroatoms. The molecule has 1 aromatic rings. The predicted molar refractivity (Wildman–Crippen MR) is 64.2 cm³/mol. The lowest BCUT2D eigenvalue weighted by molar-refractivity contribution is 0.556. The van der Waals surface area contributed by atoms with E-state index in [1.165, 1.54) is 6.42 Å². The molecule has 0 saturated heterocycles. The van der Waals surface area contributed by atoms with Gasteiger partial charge in [-0.3, -0.25) is 0 Å². The highest BCUT2D eigenvalue weighted by atomic mass is 35.5. The van der Waals surface area contributed by atoms with Crippen molar-refractivity contribution in [3.05, 3.63) is 33.8 Å². The summed E-state index contributed by atoms with van der Waals surface area (Å²) in [5, 5.41) is 1.59. The van der Waals surface area contributed by atoms with E-state index < -0.39 is 0 Å². The SMILES string of the molecule is CC(C)CCCc1c(Cl)cccc1Cl. The maximum absolute atomic E-state index is 6.06. The Morgan fingerprint density at radius 2 is 1.71 bits per heavy atom. The molecule has 0 fully saturated rings. The Morgan fingerprint density at radius 1 is 1.14 bits per heavy atom. The third-order valence-electron chi connectivity index (χ3n) is 2.27. The van der Waals surface area contributed by atoms with Gasteiger partial charge in [-0.1, -0.05) is 49.5 Å². The van der Waals surface area contributed by atoms with Crippen molar-refractivity contribution in [1.29, 1.82) is 0 Å². The Labute approximate surface area is 96.2 Å². The van der Waals surface area contributed by atoms with Gasteiger partial charge in [0.05, 0.1) is 0 Å². The minimum atomic E-state index is 0.747. The van der Waals surface area contributed by atoms with E-state index in [1.807, 2.05) is 18.2 Å². The van der Waals surface area contributed by atoms with E-state index in [-0.39, 0.29) is 0 Å². The monoisotopic (exact) mass is 230 g/mol. The molecule has 0 bridgehead atoms. The summed E-state index contributed by atoms with van der Waals surface area (Å²) in [6.45, 7) is 4.46. The van der Waals surface area contributed by atoms with Gasteiger partial charge in [-0.2, -0.15) is 0 Å². The molecule has 1 aromatic carbocycles. The quantitative estimate of drug-likeness (QED) is 0.686. The number of rotatable bonds is 4. The first kappa shape index (κ1) is 11.9. The molecule has 78 valence electrons. The highest BCUT2D eigenvalue weighted by Crippen LogP contribution is 2.26. The van der Waals surface area contributed by atoms with Gasteiger partial charge in [0.15, 0.2) is 0 Å². The molecule has 0 aromatic heterocycles. The van der Waals surface area contributed by atoms with Gasteiger partial charge in [0.1, 0.15) is 0 Å². The standard InChI is InChI=1S/C12H16Cl2/c1-9(2)5-3-6-10-11(13)7-4-8-12(10)14/h4,7-9H,3,5-6H2,1-2H3. The van der Waals surface area contributed by atoms with Gasteiger partial charge >= 0.3 is 0 Å². The van der Waals surface area contributed by atoms with Crippen molar-refractivity contribution in [3.8, 4) is 0 Å². The average molecular weight is 231 g/mol. The summed E-state index contributed by atoms with van der Waals surface area (Å²) in [5.41, 5.74) is 1.09. The second kappa shape index (κ2) is 5.63. The van der Waals surface area contributed by atoms with Crippen LogP contribution in [0.15, 0.2) is 18.2 Å². The first-order valence-corrected chi connectivity index (χ1v) is 5.79. The lowest BCUT2D eigenvalue weighted by Crippen LogP contribution is -1.92. The third kappa shape index (κ3) is 3.51. The van der Waals surface area contributed by atoms with Gasteiger partial charge < -0.3 is 0 Å². The van der Waals surface area contributed by atoms with Crippen LogP contribution in [0.2, 0.25) is 10.0 Å².